The first kappa shape index (κ1) is 9.72. The second-order valence-electron chi connectivity index (χ2n) is 4.35. The molecule has 1 aromatic heterocycles. The van der Waals surface area contributed by atoms with E-state index in [1.54, 1.807) is 0 Å². The van der Waals surface area contributed by atoms with Crippen LogP contribution in [0.15, 0.2) is 24.3 Å². The van der Waals surface area contributed by atoms with Crippen LogP contribution in [-0.4, -0.2) is 0 Å². The Balaban J connectivity index is 2.41. The first-order valence-corrected chi connectivity index (χ1v) is 5.96. The molecule has 14 heavy (non-hydrogen) atoms. The van der Waals surface area contributed by atoms with E-state index >= 15 is 0 Å². The van der Waals surface area contributed by atoms with Crippen LogP contribution in [0.3, 0.4) is 0 Å². The van der Waals surface area contributed by atoms with E-state index < -0.39 is 0 Å². The maximum Gasteiger partial charge on any atom is 0.0348 e. The van der Waals surface area contributed by atoms with E-state index in [1.165, 1.54) is 26.9 Å². The van der Waals surface area contributed by atoms with Gasteiger partial charge in [0.1, 0.15) is 0 Å². The van der Waals surface area contributed by atoms with Crippen molar-refractivity contribution in [3.63, 3.8) is 0 Å². The Bertz CT molecular complexity index is 437. The van der Waals surface area contributed by atoms with Gasteiger partial charge in [0.15, 0.2) is 0 Å². The Labute approximate surface area is 89.6 Å². The molecule has 0 fully saturated rings. The lowest BCUT2D eigenvalue weighted by Gasteiger charge is -1.98. The van der Waals surface area contributed by atoms with Gasteiger partial charge in [0.05, 0.1) is 0 Å². The molecule has 0 aliphatic rings. The largest absolute Gasteiger partial charge is 0.140 e. The quantitative estimate of drug-likeness (QED) is 0.680. The molecule has 2 aromatic rings. The lowest BCUT2D eigenvalue weighted by Crippen LogP contribution is -1.89. The fourth-order valence-corrected chi connectivity index (χ4v) is 3.07. The predicted octanol–water partition coefficient (Wildman–Crippen LogP) is 4.41. The molecule has 0 aliphatic heterocycles. The molecule has 0 bridgehead atoms. The molecule has 0 N–H and O–H groups in total. The molecule has 0 aliphatic carbocycles. The van der Waals surface area contributed by atoms with Gasteiger partial charge in [0.25, 0.3) is 0 Å². The van der Waals surface area contributed by atoms with Gasteiger partial charge in [0, 0.05) is 9.58 Å². The minimum atomic E-state index is 0.754. The highest BCUT2D eigenvalue weighted by atomic mass is 32.1. The zero-order valence-electron chi connectivity index (χ0n) is 9.00. The number of hydrogen-bond donors (Lipinski definition) is 0. The molecule has 0 saturated heterocycles. The molecular formula is C13H16S. The molecule has 74 valence electrons. The van der Waals surface area contributed by atoms with Gasteiger partial charge in [-0.3, -0.25) is 0 Å². The second kappa shape index (κ2) is 3.74. The molecule has 0 amide bonds. The van der Waals surface area contributed by atoms with Gasteiger partial charge in [0.2, 0.25) is 0 Å². The molecule has 0 unspecified atom stereocenters. The summed E-state index contributed by atoms with van der Waals surface area (Å²) in [4.78, 5) is 1.51. The maximum atomic E-state index is 2.33. The fourth-order valence-electron chi connectivity index (χ4n) is 1.70. The van der Waals surface area contributed by atoms with Gasteiger partial charge in [-0.15, -0.1) is 11.3 Å². The summed E-state index contributed by atoms with van der Waals surface area (Å²) >= 11 is 1.94. The van der Waals surface area contributed by atoms with Crippen LogP contribution in [0, 0.1) is 12.8 Å². The van der Waals surface area contributed by atoms with Crippen LogP contribution in [-0.2, 0) is 6.42 Å². The predicted molar refractivity (Wildman–Crippen MR) is 65.1 cm³/mol. The normalized spacial score (nSPS) is 11.4. The van der Waals surface area contributed by atoms with Crippen LogP contribution >= 0.6 is 11.3 Å². The molecule has 0 atom stereocenters. The number of hydrogen-bond acceptors (Lipinski definition) is 1. The Kier molecular flexibility index (Phi) is 2.60. The number of fused-ring (bicyclic) bond motifs is 1. The minimum absolute atomic E-state index is 0.754. The van der Waals surface area contributed by atoms with E-state index in [4.69, 9.17) is 0 Å². The van der Waals surface area contributed by atoms with E-state index in [-0.39, 0.29) is 0 Å². The molecule has 0 spiro atoms. The highest BCUT2D eigenvalue weighted by Crippen LogP contribution is 2.28. The molecule has 1 heterocycles. The summed E-state index contributed by atoms with van der Waals surface area (Å²) in [6.45, 7) is 6.70. The van der Waals surface area contributed by atoms with Gasteiger partial charge in [-0.25, -0.2) is 0 Å². The minimum Gasteiger partial charge on any atom is -0.140 e. The van der Waals surface area contributed by atoms with Gasteiger partial charge in [-0.05, 0) is 42.3 Å². The van der Waals surface area contributed by atoms with Crippen molar-refractivity contribution in [3.8, 4) is 0 Å². The highest BCUT2D eigenvalue weighted by Gasteiger charge is 2.03. The molecule has 1 aromatic carbocycles. The van der Waals surface area contributed by atoms with E-state index in [2.05, 4.69) is 45.0 Å². The summed E-state index contributed by atoms with van der Waals surface area (Å²) in [5.41, 5.74) is 1.36. The molecule has 1 heteroatoms. The Hall–Kier alpha value is -0.820. The first-order chi connectivity index (χ1) is 6.65. The Morgan fingerprint density at radius 1 is 1.21 bits per heavy atom. The highest BCUT2D eigenvalue weighted by molar-refractivity contribution is 7.19. The average molecular weight is 204 g/mol. The number of benzene rings is 1. The summed E-state index contributed by atoms with van der Waals surface area (Å²) in [5.74, 6) is 0.754. The third-order valence-electron chi connectivity index (χ3n) is 2.34. The number of aryl methyl sites for hydroxylation is 1. The van der Waals surface area contributed by atoms with Crippen molar-refractivity contribution in [2.75, 3.05) is 0 Å². The van der Waals surface area contributed by atoms with Gasteiger partial charge >= 0.3 is 0 Å². The molecule has 2 rings (SSSR count). The second-order valence-corrected chi connectivity index (χ2v) is 5.52. The smallest absolute Gasteiger partial charge is 0.0348 e. The molecular weight excluding hydrogens is 188 g/mol. The van der Waals surface area contributed by atoms with Crippen LogP contribution in [0.25, 0.3) is 10.1 Å². The number of thiophene rings is 1. The topological polar surface area (TPSA) is 0 Å². The van der Waals surface area contributed by atoms with Gasteiger partial charge in [-0.1, -0.05) is 26.0 Å². The van der Waals surface area contributed by atoms with Crippen LogP contribution in [0.4, 0.5) is 0 Å². The molecule has 0 nitrogen and oxygen atoms in total. The van der Waals surface area contributed by atoms with Crippen molar-refractivity contribution in [1.82, 2.24) is 0 Å². The fraction of sp³-hybridized carbons (Fsp3) is 0.385. The SMILES string of the molecule is Cc1ccc2cc(CC(C)C)sc2c1. The van der Waals surface area contributed by atoms with Crippen molar-refractivity contribution >= 4 is 21.4 Å². The van der Waals surface area contributed by atoms with Crippen molar-refractivity contribution < 1.29 is 0 Å². The van der Waals surface area contributed by atoms with Gasteiger partial charge in [-0.2, -0.15) is 0 Å². The Morgan fingerprint density at radius 2 is 2.00 bits per heavy atom. The van der Waals surface area contributed by atoms with E-state index in [1.807, 2.05) is 11.3 Å². The van der Waals surface area contributed by atoms with Crippen molar-refractivity contribution in [2.24, 2.45) is 5.92 Å². The molecule has 0 radical (unpaired) electrons. The summed E-state index contributed by atoms with van der Waals surface area (Å²) < 4.78 is 1.43. The molecule has 0 saturated carbocycles. The van der Waals surface area contributed by atoms with Crippen LogP contribution in [0.5, 0.6) is 0 Å². The summed E-state index contributed by atoms with van der Waals surface area (Å²) in [6, 6.07) is 9.03. The van der Waals surface area contributed by atoms with E-state index in [0.29, 0.717) is 0 Å². The van der Waals surface area contributed by atoms with Crippen molar-refractivity contribution in [3.05, 3.63) is 34.7 Å². The average Bonchev–Trinajstić information content (AvgIpc) is 2.44. The van der Waals surface area contributed by atoms with Crippen LogP contribution in [0.2, 0.25) is 0 Å². The summed E-state index contributed by atoms with van der Waals surface area (Å²) in [6.07, 6.45) is 1.21. The monoisotopic (exact) mass is 204 g/mol. The lowest BCUT2D eigenvalue weighted by molar-refractivity contribution is 0.654. The number of rotatable bonds is 2. The van der Waals surface area contributed by atoms with E-state index in [0.717, 1.165) is 5.92 Å². The zero-order valence-corrected chi connectivity index (χ0v) is 9.82. The van der Waals surface area contributed by atoms with Crippen LogP contribution < -0.4 is 0 Å². The van der Waals surface area contributed by atoms with Crippen molar-refractivity contribution in [2.45, 2.75) is 27.2 Å². The Morgan fingerprint density at radius 3 is 2.71 bits per heavy atom. The third-order valence-corrected chi connectivity index (χ3v) is 3.46. The summed E-state index contributed by atoms with van der Waals surface area (Å²) in [5, 5.41) is 1.40. The van der Waals surface area contributed by atoms with E-state index in [9.17, 15) is 0 Å². The lowest BCUT2D eigenvalue weighted by atomic mass is 10.1. The summed E-state index contributed by atoms with van der Waals surface area (Å²) in [7, 11) is 0. The standard InChI is InChI=1S/C13H16S/c1-9(2)6-12-8-11-5-4-10(3)7-13(11)14-12/h4-5,7-9H,6H2,1-3H3. The van der Waals surface area contributed by atoms with Gasteiger partial charge < -0.3 is 0 Å². The zero-order chi connectivity index (χ0) is 10.1. The third kappa shape index (κ3) is 1.98. The maximum absolute atomic E-state index is 2.33. The first-order valence-electron chi connectivity index (χ1n) is 5.14. The van der Waals surface area contributed by atoms with Crippen molar-refractivity contribution in [1.29, 1.82) is 0 Å². The van der Waals surface area contributed by atoms with Crippen LogP contribution in [0.1, 0.15) is 24.3 Å².